The second-order valence-corrected chi connectivity index (χ2v) is 2.99. The lowest BCUT2D eigenvalue weighted by Gasteiger charge is -2.19. The maximum atomic E-state index is 13.4. The van der Waals surface area contributed by atoms with E-state index in [-0.39, 0.29) is 12.2 Å². The van der Waals surface area contributed by atoms with Gasteiger partial charge in [-0.15, -0.1) is 0 Å². The van der Waals surface area contributed by atoms with Crippen molar-refractivity contribution in [1.82, 2.24) is 0 Å². The van der Waals surface area contributed by atoms with Crippen molar-refractivity contribution in [3.8, 4) is 0 Å². The number of nitrogens with zero attached hydrogens (tertiary/aromatic N) is 1. The van der Waals surface area contributed by atoms with Crippen LogP contribution in [0.3, 0.4) is 0 Å². The molecule has 0 aliphatic carbocycles. The summed E-state index contributed by atoms with van der Waals surface area (Å²) in [4.78, 5) is 23.6. The minimum absolute atomic E-state index is 0.0698. The average Bonchev–Trinajstić information content (AvgIpc) is 2.31. The molecule has 5 heteroatoms. The summed E-state index contributed by atoms with van der Waals surface area (Å²) in [6, 6.07) is 5.75. The Morgan fingerprint density at radius 3 is 2.50 bits per heavy atom. The van der Waals surface area contributed by atoms with Gasteiger partial charge in [-0.05, 0) is 19.1 Å². The van der Waals surface area contributed by atoms with E-state index in [4.69, 9.17) is 0 Å². The van der Waals surface area contributed by atoms with Crippen LogP contribution in [0.4, 0.5) is 10.1 Å². The number of hydrogen-bond donors (Lipinski definition) is 0. The highest BCUT2D eigenvalue weighted by Crippen LogP contribution is 2.18. The molecule has 4 nitrogen and oxygen atoms in total. The molecule has 1 aromatic rings. The summed E-state index contributed by atoms with van der Waals surface area (Å²) in [6.07, 6.45) is 0. The van der Waals surface area contributed by atoms with E-state index in [1.54, 1.807) is 13.0 Å². The number of likely N-dealkylation sites (N-methyl/N-ethyl adjacent to an activating group) is 1. The molecule has 16 heavy (non-hydrogen) atoms. The van der Waals surface area contributed by atoms with Crippen molar-refractivity contribution < 1.29 is 18.7 Å². The highest BCUT2D eigenvalue weighted by atomic mass is 19.1. The molecule has 86 valence electrons. The van der Waals surface area contributed by atoms with Gasteiger partial charge < -0.3 is 9.64 Å². The number of carbonyl (C=O) groups excluding carboxylic acids is 2. The number of benzene rings is 1. The number of ether oxygens (including phenoxy) is 1. The van der Waals surface area contributed by atoms with Crippen LogP contribution in [-0.2, 0) is 14.3 Å². The van der Waals surface area contributed by atoms with Crippen LogP contribution in [0.25, 0.3) is 0 Å². The summed E-state index contributed by atoms with van der Waals surface area (Å²) in [6.45, 7) is 1.84. The van der Waals surface area contributed by atoms with Crippen molar-refractivity contribution in [3.05, 3.63) is 30.1 Å². The maximum Gasteiger partial charge on any atom is 0.397 e. The van der Waals surface area contributed by atoms with E-state index in [1.807, 2.05) is 0 Å². The monoisotopic (exact) mass is 225 g/mol. The molecule has 0 spiro atoms. The van der Waals surface area contributed by atoms with Crippen molar-refractivity contribution in [2.75, 3.05) is 18.6 Å². The average molecular weight is 225 g/mol. The first kappa shape index (κ1) is 12.2. The van der Waals surface area contributed by atoms with E-state index in [2.05, 4.69) is 4.74 Å². The van der Waals surface area contributed by atoms with Crippen LogP contribution in [0, 0.1) is 5.82 Å². The Labute approximate surface area is 92.6 Å². The van der Waals surface area contributed by atoms with Gasteiger partial charge in [-0.25, -0.2) is 9.18 Å². The predicted molar refractivity (Wildman–Crippen MR) is 56.4 cm³/mol. The van der Waals surface area contributed by atoms with Crippen LogP contribution in [0.1, 0.15) is 6.92 Å². The molecule has 0 aliphatic rings. The highest BCUT2D eigenvalue weighted by Gasteiger charge is 2.24. The van der Waals surface area contributed by atoms with Crippen LogP contribution in [0.5, 0.6) is 0 Å². The van der Waals surface area contributed by atoms with Crippen molar-refractivity contribution in [3.63, 3.8) is 0 Å². The number of hydrogen-bond acceptors (Lipinski definition) is 3. The number of rotatable bonds is 2. The fraction of sp³-hybridized carbons (Fsp3) is 0.273. The van der Waals surface area contributed by atoms with Crippen molar-refractivity contribution in [2.45, 2.75) is 6.92 Å². The molecular formula is C11H12FNO3. The first-order valence-electron chi connectivity index (χ1n) is 4.76. The lowest BCUT2D eigenvalue weighted by atomic mass is 10.2. The summed E-state index contributed by atoms with van der Waals surface area (Å²) in [5.74, 6) is -2.44. The number of anilines is 1. The van der Waals surface area contributed by atoms with Gasteiger partial charge in [0, 0.05) is 6.54 Å². The molecular weight excluding hydrogens is 213 g/mol. The van der Waals surface area contributed by atoms with Gasteiger partial charge in [0.25, 0.3) is 0 Å². The molecule has 0 aliphatic heterocycles. The number of amides is 1. The Morgan fingerprint density at radius 2 is 2.00 bits per heavy atom. The van der Waals surface area contributed by atoms with E-state index in [9.17, 15) is 14.0 Å². The third kappa shape index (κ3) is 2.36. The molecule has 0 radical (unpaired) electrons. The molecule has 0 aromatic heterocycles. The van der Waals surface area contributed by atoms with Gasteiger partial charge in [0.15, 0.2) is 0 Å². The Hall–Kier alpha value is -1.91. The fourth-order valence-electron chi connectivity index (χ4n) is 1.29. The van der Waals surface area contributed by atoms with Crippen molar-refractivity contribution in [1.29, 1.82) is 0 Å². The van der Waals surface area contributed by atoms with Crippen LogP contribution in [0.15, 0.2) is 24.3 Å². The summed E-state index contributed by atoms with van der Waals surface area (Å²) in [7, 11) is 1.11. The van der Waals surface area contributed by atoms with E-state index in [1.165, 1.54) is 18.2 Å². The zero-order chi connectivity index (χ0) is 12.1. The number of carbonyl (C=O) groups is 2. The van der Waals surface area contributed by atoms with Gasteiger partial charge >= 0.3 is 11.9 Å². The van der Waals surface area contributed by atoms with E-state index in [0.717, 1.165) is 12.0 Å². The summed E-state index contributed by atoms with van der Waals surface area (Å²) >= 11 is 0. The molecule has 1 aromatic carbocycles. The Kier molecular flexibility index (Phi) is 3.99. The summed E-state index contributed by atoms with van der Waals surface area (Å²) < 4.78 is 17.7. The Balaban J connectivity index is 3.04. The minimum Gasteiger partial charge on any atom is -0.462 e. The standard InChI is InChI=1S/C11H12FNO3/c1-3-13(10(14)11(15)16-2)9-7-5-4-6-8(9)12/h4-7H,3H2,1-2H3. The largest absolute Gasteiger partial charge is 0.462 e. The predicted octanol–water partition coefficient (Wildman–Crippen LogP) is 1.35. The van der Waals surface area contributed by atoms with Crippen molar-refractivity contribution in [2.24, 2.45) is 0 Å². The third-order valence-corrected chi connectivity index (χ3v) is 2.06. The van der Waals surface area contributed by atoms with Crippen molar-refractivity contribution >= 4 is 17.6 Å². The van der Waals surface area contributed by atoms with Crippen LogP contribution in [0.2, 0.25) is 0 Å². The van der Waals surface area contributed by atoms with E-state index in [0.29, 0.717) is 0 Å². The normalized spacial score (nSPS) is 9.69. The first-order valence-corrected chi connectivity index (χ1v) is 4.76. The number of halogens is 1. The topological polar surface area (TPSA) is 46.6 Å². The van der Waals surface area contributed by atoms with E-state index < -0.39 is 17.7 Å². The molecule has 0 saturated heterocycles. The van der Waals surface area contributed by atoms with Gasteiger partial charge in [-0.2, -0.15) is 0 Å². The van der Waals surface area contributed by atoms with Gasteiger partial charge in [0.1, 0.15) is 5.82 Å². The zero-order valence-electron chi connectivity index (χ0n) is 9.07. The molecule has 0 N–H and O–H groups in total. The lowest BCUT2D eigenvalue weighted by molar-refractivity contribution is -0.151. The first-order chi connectivity index (χ1) is 7.61. The zero-order valence-corrected chi connectivity index (χ0v) is 9.07. The van der Waals surface area contributed by atoms with Crippen LogP contribution >= 0.6 is 0 Å². The molecule has 0 unspecified atom stereocenters. The van der Waals surface area contributed by atoms with Gasteiger partial charge in [-0.3, -0.25) is 4.79 Å². The second kappa shape index (κ2) is 5.25. The molecule has 0 heterocycles. The highest BCUT2D eigenvalue weighted by molar-refractivity contribution is 6.38. The second-order valence-electron chi connectivity index (χ2n) is 2.99. The van der Waals surface area contributed by atoms with Gasteiger partial charge in [0.05, 0.1) is 12.8 Å². The molecule has 1 amide bonds. The SMILES string of the molecule is CCN(C(=O)C(=O)OC)c1ccccc1F. The number of para-hydroxylation sites is 1. The molecule has 0 bridgehead atoms. The number of esters is 1. The van der Waals surface area contributed by atoms with Gasteiger partial charge in [-0.1, -0.05) is 12.1 Å². The summed E-state index contributed by atoms with van der Waals surface area (Å²) in [5.41, 5.74) is 0.0698. The van der Waals surface area contributed by atoms with Crippen LogP contribution < -0.4 is 4.90 Å². The van der Waals surface area contributed by atoms with E-state index >= 15 is 0 Å². The Morgan fingerprint density at radius 1 is 1.38 bits per heavy atom. The quantitative estimate of drug-likeness (QED) is 0.564. The molecule has 0 atom stereocenters. The third-order valence-electron chi connectivity index (χ3n) is 2.06. The van der Waals surface area contributed by atoms with Gasteiger partial charge in [0.2, 0.25) is 0 Å². The number of methoxy groups -OCH3 is 1. The minimum atomic E-state index is -1.01. The molecule has 0 saturated carbocycles. The summed E-state index contributed by atoms with van der Waals surface area (Å²) in [5, 5.41) is 0. The fourth-order valence-corrected chi connectivity index (χ4v) is 1.29. The Bertz CT molecular complexity index is 406. The molecule has 0 fully saturated rings. The lowest BCUT2D eigenvalue weighted by Crippen LogP contribution is -2.37. The smallest absolute Gasteiger partial charge is 0.397 e. The molecule has 1 rings (SSSR count). The maximum absolute atomic E-state index is 13.4. The van der Waals surface area contributed by atoms with Crippen LogP contribution in [-0.4, -0.2) is 25.5 Å².